The molecule has 88 valence electrons. The predicted molar refractivity (Wildman–Crippen MR) is 68.4 cm³/mol. The maximum atomic E-state index is 5.86. The Morgan fingerprint density at radius 2 is 2.06 bits per heavy atom. The zero-order chi connectivity index (χ0) is 11.9. The minimum atomic E-state index is 0.218. The molecule has 0 amide bonds. The fraction of sp³-hybridized carbons (Fsp3) is 0.571. The predicted octanol–water partition coefficient (Wildman–Crippen LogP) is 2.43. The summed E-state index contributed by atoms with van der Waals surface area (Å²) in [6, 6.07) is 7.27. The quantitative estimate of drug-likeness (QED) is 0.784. The molecule has 1 heterocycles. The molecule has 1 aliphatic rings. The van der Waals surface area contributed by atoms with Gasteiger partial charge in [0.25, 0.3) is 0 Å². The molecule has 0 bridgehead atoms. The van der Waals surface area contributed by atoms with Crippen molar-refractivity contribution in [1.82, 2.24) is 4.90 Å². The van der Waals surface area contributed by atoms with E-state index in [2.05, 4.69) is 50.9 Å². The fourth-order valence-corrected chi connectivity index (χ4v) is 2.44. The molecule has 2 N–H and O–H groups in total. The van der Waals surface area contributed by atoms with E-state index in [1.807, 2.05) is 0 Å². The molecule has 1 aromatic carbocycles. The van der Waals surface area contributed by atoms with Gasteiger partial charge >= 0.3 is 0 Å². The zero-order valence-electron chi connectivity index (χ0n) is 10.7. The first-order chi connectivity index (χ1) is 7.43. The van der Waals surface area contributed by atoms with E-state index < -0.39 is 0 Å². The Morgan fingerprint density at radius 1 is 1.38 bits per heavy atom. The smallest absolute Gasteiger partial charge is 0.0474 e. The number of fused-ring (bicyclic) bond motifs is 1. The summed E-state index contributed by atoms with van der Waals surface area (Å²) >= 11 is 0. The van der Waals surface area contributed by atoms with Gasteiger partial charge in [0.05, 0.1) is 0 Å². The van der Waals surface area contributed by atoms with Crippen molar-refractivity contribution in [3.8, 4) is 0 Å². The highest BCUT2D eigenvalue weighted by Crippen LogP contribution is 2.34. The summed E-state index contributed by atoms with van der Waals surface area (Å²) in [6.07, 6.45) is 0. The van der Waals surface area contributed by atoms with Crippen molar-refractivity contribution in [3.63, 3.8) is 0 Å². The number of nitrogens with two attached hydrogens (primary N) is 1. The van der Waals surface area contributed by atoms with Crippen LogP contribution in [0.1, 0.15) is 43.5 Å². The SMILES string of the molecule is CN1Cc2ccc(C(C)(C)C)cc2C1CN. The molecule has 2 rings (SSSR count). The first-order valence-electron chi connectivity index (χ1n) is 5.97. The van der Waals surface area contributed by atoms with Gasteiger partial charge in [0, 0.05) is 19.1 Å². The number of benzene rings is 1. The largest absolute Gasteiger partial charge is 0.329 e. The molecular weight excluding hydrogens is 196 g/mol. The zero-order valence-corrected chi connectivity index (χ0v) is 10.7. The Bertz CT molecular complexity index is 390. The number of nitrogens with zero attached hydrogens (tertiary/aromatic N) is 1. The topological polar surface area (TPSA) is 29.3 Å². The highest BCUT2D eigenvalue weighted by Gasteiger charge is 2.27. The minimum absolute atomic E-state index is 0.218. The van der Waals surface area contributed by atoms with Crippen LogP contribution in [-0.2, 0) is 12.0 Å². The Labute approximate surface area is 98.4 Å². The van der Waals surface area contributed by atoms with Crippen LogP contribution in [0.25, 0.3) is 0 Å². The van der Waals surface area contributed by atoms with E-state index in [1.165, 1.54) is 16.7 Å². The average molecular weight is 218 g/mol. The lowest BCUT2D eigenvalue weighted by atomic mass is 9.85. The highest BCUT2D eigenvalue weighted by atomic mass is 15.2. The monoisotopic (exact) mass is 218 g/mol. The van der Waals surface area contributed by atoms with Crippen LogP contribution < -0.4 is 5.73 Å². The van der Waals surface area contributed by atoms with Gasteiger partial charge in [-0.3, -0.25) is 4.90 Å². The molecule has 16 heavy (non-hydrogen) atoms. The van der Waals surface area contributed by atoms with Crippen molar-refractivity contribution >= 4 is 0 Å². The van der Waals surface area contributed by atoms with E-state index in [0.717, 1.165) is 6.54 Å². The van der Waals surface area contributed by atoms with Gasteiger partial charge in [-0.15, -0.1) is 0 Å². The number of hydrogen-bond acceptors (Lipinski definition) is 2. The number of likely N-dealkylation sites (N-methyl/N-ethyl adjacent to an activating group) is 1. The first-order valence-corrected chi connectivity index (χ1v) is 5.97. The van der Waals surface area contributed by atoms with Gasteiger partial charge in [-0.05, 0) is 29.2 Å². The van der Waals surface area contributed by atoms with E-state index in [1.54, 1.807) is 0 Å². The third-order valence-electron chi connectivity index (χ3n) is 3.55. The van der Waals surface area contributed by atoms with Gasteiger partial charge in [-0.2, -0.15) is 0 Å². The number of hydrogen-bond donors (Lipinski definition) is 1. The summed E-state index contributed by atoms with van der Waals surface area (Å²) < 4.78 is 0. The van der Waals surface area contributed by atoms with Crippen molar-refractivity contribution in [3.05, 3.63) is 34.9 Å². The summed E-state index contributed by atoms with van der Waals surface area (Å²) in [6.45, 7) is 8.50. The van der Waals surface area contributed by atoms with Crippen molar-refractivity contribution in [2.75, 3.05) is 13.6 Å². The molecule has 2 nitrogen and oxygen atoms in total. The van der Waals surface area contributed by atoms with Crippen LogP contribution in [0, 0.1) is 0 Å². The molecule has 0 fully saturated rings. The summed E-state index contributed by atoms with van der Waals surface area (Å²) in [5.74, 6) is 0. The van der Waals surface area contributed by atoms with Crippen LogP contribution >= 0.6 is 0 Å². The normalized spacial score (nSPS) is 21.2. The van der Waals surface area contributed by atoms with Crippen LogP contribution in [0.4, 0.5) is 0 Å². The van der Waals surface area contributed by atoms with E-state index >= 15 is 0 Å². The Hall–Kier alpha value is -0.860. The molecule has 1 unspecified atom stereocenters. The lowest BCUT2D eigenvalue weighted by molar-refractivity contribution is 0.274. The van der Waals surface area contributed by atoms with Crippen molar-refractivity contribution in [1.29, 1.82) is 0 Å². The second-order valence-electron chi connectivity index (χ2n) is 5.83. The second-order valence-corrected chi connectivity index (χ2v) is 5.83. The second kappa shape index (κ2) is 3.86. The van der Waals surface area contributed by atoms with E-state index in [-0.39, 0.29) is 5.41 Å². The Morgan fingerprint density at radius 3 is 2.62 bits per heavy atom. The molecule has 1 atom stereocenters. The third-order valence-corrected chi connectivity index (χ3v) is 3.55. The van der Waals surface area contributed by atoms with Crippen LogP contribution in [-0.4, -0.2) is 18.5 Å². The van der Waals surface area contributed by atoms with Crippen LogP contribution in [0.5, 0.6) is 0 Å². The number of rotatable bonds is 1. The van der Waals surface area contributed by atoms with Crippen LogP contribution in [0.3, 0.4) is 0 Å². The van der Waals surface area contributed by atoms with Crippen LogP contribution in [0.2, 0.25) is 0 Å². The van der Waals surface area contributed by atoms with E-state index in [0.29, 0.717) is 12.6 Å². The van der Waals surface area contributed by atoms with Gasteiger partial charge in [0.15, 0.2) is 0 Å². The van der Waals surface area contributed by atoms with Gasteiger partial charge in [-0.25, -0.2) is 0 Å². The molecule has 1 aliphatic heterocycles. The molecule has 0 aromatic heterocycles. The Kier molecular flexibility index (Phi) is 2.81. The van der Waals surface area contributed by atoms with Crippen LogP contribution in [0.15, 0.2) is 18.2 Å². The molecule has 0 aliphatic carbocycles. The van der Waals surface area contributed by atoms with Crippen molar-refractivity contribution < 1.29 is 0 Å². The van der Waals surface area contributed by atoms with Crippen molar-refractivity contribution in [2.45, 2.75) is 38.8 Å². The fourth-order valence-electron chi connectivity index (χ4n) is 2.44. The lowest BCUT2D eigenvalue weighted by Gasteiger charge is -2.22. The molecule has 0 saturated heterocycles. The highest BCUT2D eigenvalue weighted by molar-refractivity contribution is 5.40. The van der Waals surface area contributed by atoms with Gasteiger partial charge in [-0.1, -0.05) is 39.0 Å². The van der Waals surface area contributed by atoms with Crippen molar-refractivity contribution in [2.24, 2.45) is 5.73 Å². The summed E-state index contributed by atoms with van der Waals surface area (Å²) in [4.78, 5) is 2.33. The molecule has 1 aromatic rings. The summed E-state index contributed by atoms with van der Waals surface area (Å²) in [5.41, 5.74) is 10.3. The van der Waals surface area contributed by atoms with E-state index in [4.69, 9.17) is 5.73 Å². The molecule has 2 heteroatoms. The molecular formula is C14H22N2. The van der Waals surface area contributed by atoms with Gasteiger partial charge < -0.3 is 5.73 Å². The third kappa shape index (κ3) is 1.87. The standard InChI is InChI=1S/C14H22N2/c1-14(2,3)11-6-5-10-9-16(4)13(8-15)12(10)7-11/h5-7,13H,8-9,15H2,1-4H3. The minimum Gasteiger partial charge on any atom is -0.329 e. The van der Waals surface area contributed by atoms with Gasteiger partial charge in [0.2, 0.25) is 0 Å². The van der Waals surface area contributed by atoms with E-state index in [9.17, 15) is 0 Å². The maximum Gasteiger partial charge on any atom is 0.0474 e. The molecule has 0 spiro atoms. The molecule has 0 saturated carbocycles. The Balaban J connectivity index is 2.43. The summed E-state index contributed by atoms with van der Waals surface area (Å²) in [5, 5.41) is 0. The lowest BCUT2D eigenvalue weighted by Crippen LogP contribution is -2.24. The maximum absolute atomic E-state index is 5.86. The van der Waals surface area contributed by atoms with Gasteiger partial charge in [0.1, 0.15) is 0 Å². The summed E-state index contributed by atoms with van der Waals surface area (Å²) in [7, 11) is 2.15. The molecule has 0 radical (unpaired) electrons. The average Bonchev–Trinajstić information content (AvgIpc) is 2.50. The first kappa shape index (κ1) is 11.6.